The summed E-state index contributed by atoms with van der Waals surface area (Å²) in [6, 6.07) is 182. The second-order valence-corrected chi connectivity index (χ2v) is 39.8. The SMILES string of the molecule is c1ccc2cc(-c3ccc(-c4ccc5c(c4)Oc4ccc6c7c(ccc-5c47)-c4ccc(-c5ccc7ccccc7c5)cc4O6)cc3)ccc2c1.c1ccc2cc(-c3ccc(-c4ccc5c(c4)Oc4ccc6c7c(ccc-5c47)-c4ccc(-c5cccc7ccccc57)cc4O6)cc3)ccc2c1.c1ccc2cc(-c3ccc4c(c3)Oc3ccc5c6c(ccc-4c36)-c3ccc(-c4ccc(-c6cccc7ccccc67)cc4)cc3O5)ccc2c1. The van der Waals surface area contributed by atoms with Crippen molar-refractivity contribution in [1.29, 1.82) is 0 Å². The van der Waals surface area contributed by atoms with E-state index < -0.39 is 0 Å². The summed E-state index contributed by atoms with van der Waals surface area (Å²) in [4.78, 5) is 0. The molecule has 0 fully saturated rings. The van der Waals surface area contributed by atoms with Gasteiger partial charge in [0.1, 0.15) is 69.0 Å². The predicted octanol–water partition coefficient (Wildman–Crippen LogP) is 41.1. The van der Waals surface area contributed by atoms with E-state index in [0.717, 1.165) is 185 Å². The van der Waals surface area contributed by atoms with Crippen molar-refractivity contribution in [3.05, 3.63) is 510 Å². The Kier molecular flexibility index (Phi) is 19.1. The Morgan fingerprint density at radius 2 is 0.260 bits per heavy atom. The van der Waals surface area contributed by atoms with Crippen LogP contribution in [0.4, 0.5) is 0 Å². The van der Waals surface area contributed by atoms with E-state index in [1.807, 2.05) is 0 Å². The highest BCUT2D eigenvalue weighted by molar-refractivity contribution is 6.19. The van der Waals surface area contributed by atoms with Crippen LogP contribution in [0.3, 0.4) is 0 Å². The molecule has 0 bridgehead atoms. The zero-order valence-electron chi connectivity index (χ0n) is 80.9. The number of benzene rings is 27. The minimum Gasteiger partial charge on any atom is -0.456 e. The Bertz CT molecular complexity index is 10400. The van der Waals surface area contributed by atoms with Gasteiger partial charge in [-0.25, -0.2) is 0 Å². The van der Waals surface area contributed by atoms with Crippen molar-refractivity contribution < 1.29 is 28.4 Å². The van der Waals surface area contributed by atoms with Gasteiger partial charge in [-0.15, -0.1) is 0 Å². The molecule has 0 saturated carbocycles. The molecule has 27 aromatic carbocycles. The minimum absolute atomic E-state index is 0.858. The first kappa shape index (κ1) is 84.6. The molecule has 0 unspecified atom stereocenters. The Balaban J connectivity index is 0.000000101. The molecule has 0 atom stereocenters. The van der Waals surface area contributed by atoms with Crippen LogP contribution in [0.15, 0.2) is 510 Å². The molecule has 33 rings (SSSR count). The Morgan fingerprint density at radius 3 is 0.527 bits per heavy atom. The molecule has 0 saturated heterocycles. The topological polar surface area (TPSA) is 55.4 Å². The van der Waals surface area contributed by atoms with Crippen molar-refractivity contribution in [1.82, 2.24) is 0 Å². The summed E-state index contributed by atoms with van der Waals surface area (Å²) in [6.07, 6.45) is 0. The number of hydrogen-bond donors (Lipinski definition) is 0. The smallest absolute Gasteiger partial charge is 0.136 e. The summed E-state index contributed by atoms with van der Waals surface area (Å²) >= 11 is 0. The van der Waals surface area contributed by atoms with E-state index in [9.17, 15) is 0 Å². The lowest BCUT2D eigenvalue weighted by Gasteiger charge is -2.27. The molecule has 0 radical (unpaired) electrons. The maximum Gasteiger partial charge on any atom is 0.136 e. The minimum atomic E-state index is 0.858. The van der Waals surface area contributed by atoms with Crippen LogP contribution >= 0.6 is 0 Å². The lowest BCUT2D eigenvalue weighted by Crippen LogP contribution is -2.03. The molecule has 0 spiro atoms. The third-order valence-electron chi connectivity index (χ3n) is 31.4. The van der Waals surface area contributed by atoms with Gasteiger partial charge in [0, 0.05) is 65.7 Å². The van der Waals surface area contributed by atoms with Crippen LogP contribution in [0.5, 0.6) is 69.0 Å². The van der Waals surface area contributed by atoms with Crippen LogP contribution in [-0.4, -0.2) is 0 Å². The molecule has 27 aromatic rings. The zero-order valence-corrected chi connectivity index (χ0v) is 80.9. The molecule has 6 nitrogen and oxygen atoms in total. The van der Waals surface area contributed by atoms with E-state index >= 15 is 0 Å². The van der Waals surface area contributed by atoms with Crippen molar-refractivity contribution in [3.8, 4) is 236 Å². The van der Waals surface area contributed by atoms with Gasteiger partial charge in [0.15, 0.2) is 0 Å². The molecule has 0 aromatic heterocycles. The third kappa shape index (κ3) is 14.0. The normalized spacial score (nSPS) is 12.3. The fourth-order valence-corrected chi connectivity index (χ4v) is 23.9. The lowest BCUT2D eigenvalue weighted by atomic mass is 9.86. The average molecular weight is 1910 g/mol. The van der Waals surface area contributed by atoms with E-state index in [2.05, 4.69) is 510 Å². The lowest BCUT2D eigenvalue weighted by molar-refractivity contribution is 0.475. The van der Waals surface area contributed by atoms with Crippen molar-refractivity contribution >= 4 is 97.0 Å². The van der Waals surface area contributed by atoms with Gasteiger partial charge in [0.25, 0.3) is 0 Å². The molecule has 696 valence electrons. The van der Waals surface area contributed by atoms with E-state index in [1.54, 1.807) is 0 Å². The van der Waals surface area contributed by atoms with Crippen molar-refractivity contribution in [2.24, 2.45) is 0 Å². The molecule has 0 N–H and O–H groups in total. The summed E-state index contributed by atoms with van der Waals surface area (Å²) in [5.41, 5.74) is 34.7. The highest BCUT2D eigenvalue weighted by atomic mass is 16.5. The fraction of sp³-hybridized carbons (Fsp3) is 0. The molecule has 0 aliphatic carbocycles. The molecule has 6 heteroatoms. The number of hydrogen-bond acceptors (Lipinski definition) is 6. The third-order valence-corrected chi connectivity index (χ3v) is 31.4. The second-order valence-electron chi connectivity index (χ2n) is 39.8. The number of ether oxygens (including phenoxy) is 6. The Labute approximate surface area is 864 Å². The van der Waals surface area contributed by atoms with Crippen LogP contribution in [0.25, 0.3) is 264 Å². The van der Waals surface area contributed by atoms with Crippen LogP contribution < -0.4 is 28.4 Å². The van der Waals surface area contributed by atoms with E-state index in [-0.39, 0.29) is 0 Å². The molecule has 6 aliphatic rings. The predicted molar refractivity (Wildman–Crippen MR) is 619 cm³/mol. The van der Waals surface area contributed by atoms with E-state index in [0.29, 0.717) is 0 Å². The summed E-state index contributed by atoms with van der Waals surface area (Å²) in [7, 11) is 0. The second kappa shape index (κ2) is 33.9. The van der Waals surface area contributed by atoms with Crippen LogP contribution in [0.1, 0.15) is 0 Å². The van der Waals surface area contributed by atoms with Gasteiger partial charge in [-0.2, -0.15) is 0 Å². The van der Waals surface area contributed by atoms with Crippen molar-refractivity contribution in [3.63, 3.8) is 0 Å². The summed E-state index contributed by atoms with van der Waals surface area (Å²) < 4.78 is 40.0. The maximum atomic E-state index is 6.68. The van der Waals surface area contributed by atoms with Crippen molar-refractivity contribution in [2.75, 3.05) is 0 Å². The standard InChI is InChI=1S/3C48H28O2/c1-3-7-33-25-35(15-13-29(33)5-1)31-9-11-32(12-10-31)37-17-19-39-41-21-22-42-40-20-18-38(36-16-14-30-6-2-4-8-34(30)26-36)28-46(40)50-44-24-23-43(47(41)48(42)44)49-45(39)27-37;1-2-8-33-26-34(17-14-29(33)6-1)36-19-21-40-42-23-22-41-39-20-18-35(27-45(39)49-43-24-25-44(48(42)47(41)43)50-46(40)28-36)30-12-15-32(16-13-30)38-11-5-9-31-7-3-4-10-37(31)38;1-2-8-33-26-34(17-16-29(33)6-1)30-12-14-31(15-13-30)35-18-20-39-41-22-23-42-40-21-19-36(38-11-5-9-32-7-3-4-10-37(32)38)28-46(40)50-44-25-24-43(47(41)48(42)44)49-45(39)27-35/h3*1-28H. The summed E-state index contributed by atoms with van der Waals surface area (Å²) in [5.74, 6) is 10.4. The van der Waals surface area contributed by atoms with Gasteiger partial charge in [-0.1, -0.05) is 376 Å². The first-order valence-corrected chi connectivity index (χ1v) is 51.2. The van der Waals surface area contributed by atoms with Gasteiger partial charge >= 0.3 is 0 Å². The Morgan fingerprint density at radius 1 is 0.0867 bits per heavy atom. The monoisotopic (exact) mass is 1910 g/mol. The maximum absolute atomic E-state index is 6.68. The Hall–Kier alpha value is -19.9. The van der Waals surface area contributed by atoms with Gasteiger partial charge in [0.05, 0.1) is 0 Å². The van der Waals surface area contributed by atoms with E-state index in [1.165, 1.54) is 148 Å². The molecule has 150 heavy (non-hydrogen) atoms. The fourth-order valence-electron chi connectivity index (χ4n) is 23.9. The molecular weight excluding hydrogens is 1830 g/mol. The molecule has 6 heterocycles. The van der Waals surface area contributed by atoms with Gasteiger partial charge < -0.3 is 28.4 Å². The summed E-state index contributed by atoms with van der Waals surface area (Å²) in [5, 5.41) is 21.6. The first-order chi connectivity index (χ1) is 74.2. The van der Waals surface area contributed by atoms with Gasteiger partial charge in [-0.05, 0) is 332 Å². The quantitative estimate of drug-likeness (QED) is 0.144. The number of rotatable bonds is 9. The van der Waals surface area contributed by atoms with Crippen LogP contribution in [0.2, 0.25) is 0 Å². The highest BCUT2D eigenvalue weighted by Crippen LogP contribution is 2.61. The number of fused-ring (bicyclic) bond motifs is 18. The largest absolute Gasteiger partial charge is 0.456 e. The molecule has 6 aliphatic heterocycles. The van der Waals surface area contributed by atoms with Crippen molar-refractivity contribution in [2.45, 2.75) is 0 Å². The van der Waals surface area contributed by atoms with Gasteiger partial charge in [-0.3, -0.25) is 0 Å². The van der Waals surface area contributed by atoms with E-state index in [4.69, 9.17) is 28.4 Å². The first-order valence-electron chi connectivity index (χ1n) is 51.2. The zero-order chi connectivity index (χ0) is 98.3. The molecule has 0 amide bonds. The van der Waals surface area contributed by atoms with Crippen LogP contribution in [-0.2, 0) is 0 Å². The van der Waals surface area contributed by atoms with Gasteiger partial charge in [0.2, 0.25) is 0 Å². The average Bonchev–Trinajstić information content (AvgIpc) is 0.718. The highest BCUT2D eigenvalue weighted by Gasteiger charge is 2.34. The summed E-state index contributed by atoms with van der Waals surface area (Å²) in [6.45, 7) is 0. The molecular formula is C144H84O6. The van der Waals surface area contributed by atoms with Crippen LogP contribution in [0, 0.1) is 0 Å².